The Labute approximate surface area is 99.6 Å². The minimum atomic E-state index is 0.437. The topological polar surface area (TPSA) is 38.9 Å². The van der Waals surface area contributed by atoms with Crippen molar-refractivity contribution >= 4 is 22.8 Å². The first-order valence-corrected chi connectivity index (χ1v) is 6.39. The molecule has 1 heterocycles. The zero-order chi connectivity index (χ0) is 11.7. The summed E-state index contributed by atoms with van der Waals surface area (Å²) in [6.07, 6.45) is 0. The second kappa shape index (κ2) is 4.45. The third kappa shape index (κ3) is 2.07. The van der Waals surface area contributed by atoms with Gasteiger partial charge in [0.05, 0.1) is 0 Å². The fraction of sp³-hybridized carbons (Fsp3) is 0.500. The van der Waals surface area contributed by atoms with Gasteiger partial charge in [-0.05, 0) is 27.9 Å². The van der Waals surface area contributed by atoms with Crippen LogP contribution in [-0.2, 0) is 0 Å². The number of aromatic nitrogens is 2. The van der Waals surface area contributed by atoms with Crippen molar-refractivity contribution in [2.75, 3.05) is 0 Å². The summed E-state index contributed by atoms with van der Waals surface area (Å²) >= 11 is 1.79. The predicted molar refractivity (Wildman–Crippen MR) is 66.9 cm³/mol. The second-order valence-electron chi connectivity index (χ2n) is 4.44. The number of fused-ring (bicyclic) bond motifs is 1. The Morgan fingerprint density at radius 2 is 1.75 bits per heavy atom. The zero-order valence-electron chi connectivity index (χ0n) is 10.0. The van der Waals surface area contributed by atoms with E-state index in [-0.39, 0.29) is 0 Å². The average molecular weight is 236 g/mol. The first-order chi connectivity index (χ1) is 7.59. The normalized spacial score (nSPS) is 11.9. The molecule has 2 aromatic rings. The van der Waals surface area contributed by atoms with Gasteiger partial charge in [-0.3, -0.25) is 0 Å². The highest BCUT2D eigenvalue weighted by molar-refractivity contribution is 8.00. The quantitative estimate of drug-likeness (QED) is 0.759. The fourth-order valence-corrected chi connectivity index (χ4v) is 2.58. The zero-order valence-corrected chi connectivity index (χ0v) is 10.8. The molecule has 0 atom stereocenters. The molecule has 86 valence electrons. The third-order valence-electron chi connectivity index (χ3n) is 2.39. The monoisotopic (exact) mass is 236 g/mol. The molecule has 0 N–H and O–H groups in total. The Morgan fingerprint density at radius 3 is 2.38 bits per heavy atom. The van der Waals surface area contributed by atoms with Gasteiger partial charge in [0.25, 0.3) is 0 Å². The summed E-state index contributed by atoms with van der Waals surface area (Å²) in [6, 6.07) is 4.24. The molecule has 0 bridgehead atoms. The van der Waals surface area contributed by atoms with E-state index in [4.69, 9.17) is 4.63 Å². The summed E-state index contributed by atoms with van der Waals surface area (Å²) in [5.74, 6) is 0.437. The molecule has 0 fully saturated rings. The highest BCUT2D eigenvalue weighted by Gasteiger charge is 2.14. The molecule has 0 aliphatic rings. The van der Waals surface area contributed by atoms with Gasteiger partial charge >= 0.3 is 0 Å². The molecule has 2 rings (SSSR count). The minimum Gasteiger partial charge on any atom is -0.243 e. The van der Waals surface area contributed by atoms with Crippen LogP contribution in [0.4, 0.5) is 0 Å². The smallest absolute Gasteiger partial charge is 0.149 e. The van der Waals surface area contributed by atoms with Crippen molar-refractivity contribution in [3.05, 3.63) is 17.7 Å². The van der Waals surface area contributed by atoms with Gasteiger partial charge in [0.1, 0.15) is 11.0 Å². The Morgan fingerprint density at radius 1 is 1.06 bits per heavy atom. The molecular weight excluding hydrogens is 220 g/mol. The lowest BCUT2D eigenvalue weighted by Gasteiger charge is -2.08. The molecule has 0 spiro atoms. The molecular formula is C12H16N2OS. The summed E-state index contributed by atoms with van der Waals surface area (Å²) in [4.78, 5) is 1.15. The van der Waals surface area contributed by atoms with Gasteiger partial charge in [-0.15, -0.1) is 11.8 Å². The lowest BCUT2D eigenvalue weighted by molar-refractivity contribution is 0.315. The van der Waals surface area contributed by atoms with Crippen LogP contribution < -0.4 is 0 Å². The molecule has 0 aliphatic carbocycles. The molecule has 0 aliphatic heterocycles. The predicted octanol–water partition coefficient (Wildman–Crippen LogP) is 3.85. The van der Waals surface area contributed by atoms with E-state index >= 15 is 0 Å². The number of hydrogen-bond acceptors (Lipinski definition) is 4. The van der Waals surface area contributed by atoms with E-state index in [0.29, 0.717) is 11.2 Å². The van der Waals surface area contributed by atoms with Crippen LogP contribution in [0.2, 0.25) is 0 Å². The number of thioether (sulfide) groups is 1. The highest BCUT2D eigenvalue weighted by atomic mass is 32.2. The van der Waals surface area contributed by atoms with Gasteiger partial charge in [0.15, 0.2) is 0 Å². The number of benzene rings is 1. The van der Waals surface area contributed by atoms with Crippen molar-refractivity contribution in [3.63, 3.8) is 0 Å². The van der Waals surface area contributed by atoms with Gasteiger partial charge in [-0.1, -0.05) is 33.8 Å². The van der Waals surface area contributed by atoms with Crippen LogP contribution in [0.25, 0.3) is 11.0 Å². The van der Waals surface area contributed by atoms with Crippen LogP contribution in [0, 0.1) is 0 Å². The summed E-state index contributed by atoms with van der Waals surface area (Å²) in [5, 5.41) is 8.55. The Hall–Kier alpha value is -1.03. The second-order valence-corrected chi connectivity index (χ2v) is 6.05. The molecule has 0 radical (unpaired) electrons. The highest BCUT2D eigenvalue weighted by Crippen LogP contribution is 2.32. The van der Waals surface area contributed by atoms with Crippen LogP contribution in [0.15, 0.2) is 21.7 Å². The van der Waals surface area contributed by atoms with E-state index in [1.54, 1.807) is 11.8 Å². The summed E-state index contributed by atoms with van der Waals surface area (Å²) in [5.41, 5.74) is 3.00. The van der Waals surface area contributed by atoms with E-state index in [0.717, 1.165) is 15.9 Å². The maximum atomic E-state index is 4.86. The lowest BCUT2D eigenvalue weighted by Crippen LogP contribution is -1.92. The number of rotatable bonds is 3. The molecule has 16 heavy (non-hydrogen) atoms. The van der Waals surface area contributed by atoms with Crippen LogP contribution in [0.3, 0.4) is 0 Å². The molecule has 0 unspecified atom stereocenters. The van der Waals surface area contributed by atoms with Gasteiger partial charge < -0.3 is 0 Å². The first kappa shape index (κ1) is 11.5. The van der Waals surface area contributed by atoms with Crippen molar-refractivity contribution in [1.82, 2.24) is 10.3 Å². The van der Waals surface area contributed by atoms with Gasteiger partial charge in [-0.25, -0.2) is 4.63 Å². The van der Waals surface area contributed by atoms with Crippen molar-refractivity contribution in [2.24, 2.45) is 0 Å². The van der Waals surface area contributed by atoms with Gasteiger partial charge in [0.2, 0.25) is 0 Å². The molecule has 1 aromatic heterocycles. The number of hydrogen-bond donors (Lipinski definition) is 0. The third-order valence-corrected chi connectivity index (χ3v) is 3.45. The van der Waals surface area contributed by atoms with Crippen molar-refractivity contribution < 1.29 is 4.63 Å². The van der Waals surface area contributed by atoms with Crippen molar-refractivity contribution in [3.8, 4) is 0 Å². The maximum Gasteiger partial charge on any atom is 0.149 e. The van der Waals surface area contributed by atoms with Gasteiger partial charge in [0, 0.05) is 10.1 Å². The van der Waals surface area contributed by atoms with E-state index in [1.165, 1.54) is 5.56 Å². The van der Waals surface area contributed by atoms with E-state index in [2.05, 4.69) is 50.1 Å². The minimum absolute atomic E-state index is 0.437. The van der Waals surface area contributed by atoms with E-state index < -0.39 is 0 Å². The lowest BCUT2D eigenvalue weighted by atomic mass is 10.0. The van der Waals surface area contributed by atoms with E-state index in [9.17, 15) is 0 Å². The standard InChI is InChI=1S/C12H16N2OS/c1-7(2)9-5-6-10(16-8(3)4)12-11(9)13-15-14-12/h5-8H,1-4H3. The van der Waals surface area contributed by atoms with E-state index in [1.807, 2.05) is 0 Å². The molecule has 0 amide bonds. The molecule has 0 saturated carbocycles. The molecule has 1 aromatic carbocycles. The fourth-order valence-electron chi connectivity index (χ4n) is 1.68. The van der Waals surface area contributed by atoms with Crippen LogP contribution in [0.1, 0.15) is 39.2 Å². The van der Waals surface area contributed by atoms with Crippen LogP contribution >= 0.6 is 11.8 Å². The van der Waals surface area contributed by atoms with Crippen LogP contribution in [0.5, 0.6) is 0 Å². The van der Waals surface area contributed by atoms with Gasteiger partial charge in [-0.2, -0.15) is 0 Å². The van der Waals surface area contributed by atoms with Crippen molar-refractivity contribution in [1.29, 1.82) is 0 Å². The Balaban J connectivity index is 2.55. The summed E-state index contributed by atoms with van der Waals surface area (Å²) in [6.45, 7) is 8.64. The summed E-state index contributed by atoms with van der Waals surface area (Å²) in [7, 11) is 0. The first-order valence-electron chi connectivity index (χ1n) is 5.51. The SMILES string of the molecule is CC(C)Sc1ccc(C(C)C)c2nonc12. The number of nitrogens with zero attached hydrogens (tertiary/aromatic N) is 2. The van der Waals surface area contributed by atoms with Crippen LogP contribution in [-0.4, -0.2) is 15.6 Å². The Bertz CT molecular complexity index is 491. The molecule has 3 nitrogen and oxygen atoms in total. The Kier molecular flexibility index (Phi) is 3.19. The molecule has 4 heteroatoms. The largest absolute Gasteiger partial charge is 0.243 e. The van der Waals surface area contributed by atoms with Crippen molar-refractivity contribution in [2.45, 2.75) is 43.8 Å². The average Bonchev–Trinajstić information content (AvgIpc) is 2.65. The maximum absolute atomic E-state index is 4.86. The molecule has 0 saturated heterocycles. The summed E-state index contributed by atoms with van der Waals surface area (Å²) < 4.78 is 4.86.